The van der Waals surface area contributed by atoms with Gasteiger partial charge in [0, 0.05) is 31.4 Å². The van der Waals surface area contributed by atoms with Gasteiger partial charge in [0.05, 0.1) is 6.04 Å². The van der Waals surface area contributed by atoms with Gasteiger partial charge in [-0.05, 0) is 36.8 Å². The molecule has 9 nitrogen and oxygen atoms in total. The van der Waals surface area contributed by atoms with Crippen molar-refractivity contribution in [2.75, 3.05) is 18.6 Å². The molecule has 1 aliphatic heterocycles. The summed E-state index contributed by atoms with van der Waals surface area (Å²) in [4.78, 5) is 30.3. The molecule has 3 N–H and O–H groups in total. The Morgan fingerprint density at radius 3 is 2.77 bits per heavy atom. The quantitative estimate of drug-likeness (QED) is 0.410. The first kappa shape index (κ1) is 25.0. The number of carbonyl (C=O) groups excluding carboxylic acids is 1. The zero-order chi connectivity index (χ0) is 24.8. The molecular weight excluding hydrogens is 468 g/mol. The monoisotopic (exact) mass is 498 g/mol. The Balaban J connectivity index is 1.61. The standard InChI is InChI=1S/C25H30N4O5S/c1-16-12-19(30)22(32)23(34-16)25(8-10-35-11-9-25)14-21(31)26-18(13-17-6-4-3-5-7-17)24-27-20(15-33-2)28-29-24/h3-7,12,18,32H,8-11,13-15H2,1-2H3,(H,26,31)(H,27,28,29). The van der Waals surface area contributed by atoms with Gasteiger partial charge in [0.25, 0.3) is 0 Å². The third-order valence-corrected chi connectivity index (χ3v) is 7.22. The van der Waals surface area contributed by atoms with E-state index >= 15 is 0 Å². The van der Waals surface area contributed by atoms with Gasteiger partial charge >= 0.3 is 0 Å². The zero-order valence-electron chi connectivity index (χ0n) is 19.9. The second-order valence-corrected chi connectivity index (χ2v) is 10.1. The number of rotatable bonds is 9. The van der Waals surface area contributed by atoms with E-state index < -0.39 is 22.6 Å². The highest BCUT2D eigenvalue weighted by Gasteiger charge is 2.42. The summed E-state index contributed by atoms with van der Waals surface area (Å²) in [6, 6.07) is 10.6. The fraction of sp³-hybridized carbons (Fsp3) is 0.440. The van der Waals surface area contributed by atoms with Crippen molar-refractivity contribution in [3.05, 3.63) is 75.4 Å². The Morgan fingerprint density at radius 2 is 2.06 bits per heavy atom. The van der Waals surface area contributed by atoms with Crippen molar-refractivity contribution >= 4 is 17.7 Å². The molecule has 1 atom stereocenters. The average Bonchev–Trinajstić information content (AvgIpc) is 3.31. The lowest BCUT2D eigenvalue weighted by atomic mass is 9.75. The van der Waals surface area contributed by atoms with Crippen LogP contribution in [0.4, 0.5) is 0 Å². The third kappa shape index (κ3) is 5.94. The topological polar surface area (TPSA) is 130 Å². The number of carbonyl (C=O) groups is 1. The predicted molar refractivity (Wildman–Crippen MR) is 132 cm³/mol. The van der Waals surface area contributed by atoms with Gasteiger partial charge in [0.2, 0.25) is 17.1 Å². The number of aromatic hydroxyl groups is 1. The first-order chi connectivity index (χ1) is 16.9. The molecule has 0 saturated carbocycles. The number of hydrogen-bond acceptors (Lipinski definition) is 8. The Morgan fingerprint density at radius 1 is 1.31 bits per heavy atom. The minimum Gasteiger partial charge on any atom is -0.502 e. The fourth-order valence-electron chi connectivity index (χ4n) is 4.49. The molecule has 1 unspecified atom stereocenters. The zero-order valence-corrected chi connectivity index (χ0v) is 20.7. The minimum absolute atomic E-state index is 0.0775. The number of aromatic nitrogens is 3. The van der Waals surface area contributed by atoms with Crippen molar-refractivity contribution in [2.45, 2.75) is 50.7 Å². The van der Waals surface area contributed by atoms with Gasteiger partial charge in [-0.1, -0.05) is 30.3 Å². The lowest BCUT2D eigenvalue weighted by Gasteiger charge is -2.36. The molecule has 1 fully saturated rings. The van der Waals surface area contributed by atoms with Gasteiger partial charge in [-0.15, -0.1) is 0 Å². The van der Waals surface area contributed by atoms with Crippen LogP contribution in [0.1, 0.15) is 54.0 Å². The highest BCUT2D eigenvalue weighted by molar-refractivity contribution is 7.99. The number of amides is 1. The molecule has 1 saturated heterocycles. The van der Waals surface area contributed by atoms with Crippen LogP contribution in [-0.2, 0) is 28.0 Å². The number of methoxy groups -OCH3 is 1. The van der Waals surface area contributed by atoms with Crippen molar-refractivity contribution in [1.29, 1.82) is 0 Å². The minimum atomic E-state index is -0.762. The summed E-state index contributed by atoms with van der Waals surface area (Å²) in [6.45, 7) is 1.96. The normalized spacial score (nSPS) is 16.1. The summed E-state index contributed by atoms with van der Waals surface area (Å²) in [6.07, 6.45) is 1.82. The van der Waals surface area contributed by atoms with Crippen LogP contribution in [0, 0.1) is 6.92 Å². The van der Waals surface area contributed by atoms with Crippen LogP contribution < -0.4 is 10.7 Å². The van der Waals surface area contributed by atoms with E-state index in [0.29, 0.717) is 36.7 Å². The second kappa shape index (κ2) is 11.1. The SMILES string of the molecule is COCc1nc(C(Cc2ccccc2)NC(=O)CC2(c3oc(C)cc(=O)c3O)CCSCC2)n[nH]1. The number of H-pyrrole nitrogens is 1. The van der Waals surface area contributed by atoms with Gasteiger partial charge < -0.3 is 19.6 Å². The molecule has 0 spiro atoms. The van der Waals surface area contributed by atoms with Crippen molar-refractivity contribution in [3.8, 4) is 5.75 Å². The molecule has 3 aromatic rings. The third-order valence-electron chi connectivity index (χ3n) is 6.24. The van der Waals surface area contributed by atoms with Gasteiger partial charge in [-0.25, -0.2) is 4.98 Å². The molecule has 35 heavy (non-hydrogen) atoms. The van der Waals surface area contributed by atoms with E-state index in [9.17, 15) is 14.7 Å². The molecule has 1 aromatic carbocycles. The smallest absolute Gasteiger partial charge is 0.227 e. The number of ether oxygens (including phenoxy) is 1. The molecule has 10 heteroatoms. The maximum absolute atomic E-state index is 13.5. The fourth-order valence-corrected chi connectivity index (χ4v) is 5.76. The molecule has 2 aromatic heterocycles. The molecule has 0 bridgehead atoms. The number of aromatic amines is 1. The first-order valence-corrected chi connectivity index (χ1v) is 12.7. The van der Waals surface area contributed by atoms with Crippen LogP contribution in [0.25, 0.3) is 0 Å². The second-order valence-electron chi connectivity index (χ2n) is 8.85. The molecule has 0 radical (unpaired) electrons. The number of hydrogen-bond donors (Lipinski definition) is 3. The maximum atomic E-state index is 13.5. The number of nitrogens with one attached hydrogen (secondary N) is 2. The summed E-state index contributed by atoms with van der Waals surface area (Å²) in [7, 11) is 1.58. The van der Waals surface area contributed by atoms with Gasteiger partial charge in [0.15, 0.2) is 17.4 Å². The first-order valence-electron chi connectivity index (χ1n) is 11.6. The van der Waals surface area contributed by atoms with Crippen molar-refractivity contribution < 1.29 is 19.1 Å². The Labute approximate surface area is 207 Å². The van der Waals surface area contributed by atoms with E-state index in [1.807, 2.05) is 30.3 Å². The van der Waals surface area contributed by atoms with Crippen LogP contribution in [-0.4, -0.2) is 44.8 Å². The Bertz CT molecular complexity index is 1200. The predicted octanol–water partition coefficient (Wildman–Crippen LogP) is 3.17. The Kier molecular flexibility index (Phi) is 7.92. The lowest BCUT2D eigenvalue weighted by molar-refractivity contribution is -0.123. The van der Waals surface area contributed by atoms with Crippen LogP contribution in [0.2, 0.25) is 0 Å². The van der Waals surface area contributed by atoms with Gasteiger partial charge in [0.1, 0.15) is 12.4 Å². The number of thioether (sulfide) groups is 1. The van der Waals surface area contributed by atoms with Crippen molar-refractivity contribution in [1.82, 2.24) is 20.5 Å². The summed E-state index contributed by atoms with van der Waals surface area (Å²) < 4.78 is 11.0. The van der Waals surface area contributed by atoms with E-state index in [1.165, 1.54) is 6.07 Å². The summed E-state index contributed by atoms with van der Waals surface area (Å²) >= 11 is 1.78. The summed E-state index contributed by atoms with van der Waals surface area (Å²) in [5.41, 5.74) is -0.223. The molecule has 1 aliphatic rings. The van der Waals surface area contributed by atoms with Gasteiger partial charge in [-0.3, -0.25) is 14.7 Å². The number of aryl methyl sites for hydroxylation is 1. The maximum Gasteiger partial charge on any atom is 0.227 e. The van der Waals surface area contributed by atoms with Crippen molar-refractivity contribution in [2.24, 2.45) is 0 Å². The van der Waals surface area contributed by atoms with E-state index in [1.54, 1.807) is 25.8 Å². The molecule has 4 rings (SSSR count). The van der Waals surface area contributed by atoms with Crippen molar-refractivity contribution in [3.63, 3.8) is 0 Å². The largest absolute Gasteiger partial charge is 0.502 e. The highest BCUT2D eigenvalue weighted by atomic mass is 32.2. The molecule has 3 heterocycles. The summed E-state index contributed by atoms with van der Waals surface area (Å²) in [5.74, 6) is 2.63. The molecular formula is C25H30N4O5S. The van der Waals surface area contributed by atoms with Crippen LogP contribution in [0.5, 0.6) is 5.75 Å². The summed E-state index contributed by atoms with van der Waals surface area (Å²) in [5, 5.41) is 20.8. The van der Waals surface area contributed by atoms with Gasteiger partial charge in [-0.2, -0.15) is 16.9 Å². The Hall–Kier alpha value is -3.11. The molecule has 186 valence electrons. The van der Waals surface area contributed by atoms with Crippen LogP contribution >= 0.6 is 11.8 Å². The highest BCUT2D eigenvalue weighted by Crippen LogP contribution is 2.44. The average molecular weight is 499 g/mol. The van der Waals surface area contributed by atoms with Crippen LogP contribution in [0.15, 0.2) is 45.6 Å². The van der Waals surface area contributed by atoms with Crippen LogP contribution in [0.3, 0.4) is 0 Å². The molecule has 1 amide bonds. The lowest BCUT2D eigenvalue weighted by Crippen LogP contribution is -2.40. The van der Waals surface area contributed by atoms with E-state index in [2.05, 4.69) is 20.5 Å². The molecule has 0 aliphatic carbocycles. The number of benzene rings is 1. The number of nitrogens with zero attached hydrogens (tertiary/aromatic N) is 2. The van der Waals surface area contributed by atoms with E-state index in [-0.39, 0.29) is 24.7 Å². The van der Waals surface area contributed by atoms with E-state index in [0.717, 1.165) is 17.1 Å². The van der Waals surface area contributed by atoms with E-state index in [4.69, 9.17) is 9.15 Å².